The number of nitrogens with zero attached hydrogens (tertiary/aromatic N) is 4. The van der Waals surface area contributed by atoms with E-state index in [2.05, 4.69) is 121 Å². The molecule has 0 saturated carbocycles. The predicted octanol–water partition coefficient (Wildman–Crippen LogP) is 12.2. The fourth-order valence-electron chi connectivity index (χ4n) is 6.53. The van der Waals surface area contributed by atoms with E-state index in [4.69, 9.17) is 0 Å². The molecule has 7 aromatic heterocycles. The van der Waals surface area contributed by atoms with E-state index in [1.165, 1.54) is 83.2 Å². The topological polar surface area (TPSA) is 95.2 Å². The number of thiophene rings is 7. The van der Waals surface area contributed by atoms with Crippen LogP contribution < -0.4 is 18.1 Å². The largest absolute Gasteiger partial charge is 0.192 e. The summed E-state index contributed by atoms with van der Waals surface area (Å²) in [5.41, 5.74) is 5.07. The standard InChI is InChI=1S/C48H24N4S7/c49-25-31(26-50)39-15-11-33(53-39)19-37-23-45-43(57-37)21-35(55-45)13-17-41-47(29-7-3-1-4-8-29)48(30-9-5-2-6-10-30)42(59-41)18-14-36-22-44-46(56-36)24-38(58-44)20-34-12-16-40(54-34)32(27-51)28-52/h1-24H/b17-13+,18-14+,33-19+,34-20+. The summed E-state index contributed by atoms with van der Waals surface area (Å²) in [6.07, 6.45) is 13.2. The fourth-order valence-corrected chi connectivity index (χ4v) is 14.2. The molecule has 9 aromatic rings. The highest BCUT2D eigenvalue weighted by Gasteiger charge is 2.19. The Labute approximate surface area is 366 Å². The second-order valence-electron chi connectivity index (χ2n) is 12.9. The third-order valence-electron chi connectivity index (χ3n) is 9.14. The lowest BCUT2D eigenvalue weighted by molar-refractivity contribution is 1.51. The van der Waals surface area contributed by atoms with Gasteiger partial charge in [-0.3, -0.25) is 0 Å². The quantitative estimate of drug-likeness (QED) is 0.152. The Morgan fingerprint density at radius 3 is 1.15 bits per heavy atom. The zero-order valence-electron chi connectivity index (χ0n) is 30.5. The zero-order valence-corrected chi connectivity index (χ0v) is 36.2. The van der Waals surface area contributed by atoms with E-state index >= 15 is 0 Å². The molecular weight excluding hydrogens is 857 g/mol. The van der Waals surface area contributed by atoms with Crippen LogP contribution in [-0.4, -0.2) is 0 Å². The Kier molecular flexibility index (Phi) is 11.0. The van der Waals surface area contributed by atoms with Crippen molar-refractivity contribution >= 4 is 146 Å². The maximum absolute atomic E-state index is 9.24. The van der Waals surface area contributed by atoms with Crippen molar-refractivity contribution in [2.45, 2.75) is 0 Å². The Hall–Kier alpha value is -6.22. The van der Waals surface area contributed by atoms with Crippen LogP contribution >= 0.6 is 79.4 Å². The second-order valence-corrected chi connectivity index (χ2v) is 20.7. The molecule has 0 aliphatic rings. The minimum Gasteiger partial charge on any atom is -0.192 e. The minimum atomic E-state index is 0.144. The summed E-state index contributed by atoms with van der Waals surface area (Å²) in [5, 5.41) is 37.0. The average molecular weight is 881 g/mol. The van der Waals surface area contributed by atoms with Crippen molar-refractivity contribution in [3.05, 3.63) is 157 Å². The molecule has 0 fully saturated rings. The first-order valence-corrected chi connectivity index (χ1v) is 23.6. The molecule has 0 spiro atoms. The SMILES string of the molecule is N#CC(C#N)=c1cc/c(=C\c2cc3sc(/C=C/c4sc(/C=C/c5cc6sc(/C=c7\ccc(=C(C#N)C#N)s7)cc6s5)c(-c5ccccc5)c4-c4ccccc4)cc3s2)s1. The van der Waals surface area contributed by atoms with Crippen LogP contribution in [0, 0.1) is 45.3 Å². The van der Waals surface area contributed by atoms with E-state index in [1.54, 1.807) is 56.7 Å². The van der Waals surface area contributed by atoms with E-state index in [1.807, 2.05) is 48.5 Å². The van der Waals surface area contributed by atoms with Crippen molar-refractivity contribution in [1.29, 1.82) is 21.0 Å². The van der Waals surface area contributed by atoms with Gasteiger partial charge < -0.3 is 0 Å². The molecule has 2 aromatic carbocycles. The Morgan fingerprint density at radius 2 is 0.763 bits per heavy atom. The van der Waals surface area contributed by atoms with Gasteiger partial charge >= 0.3 is 0 Å². The molecule has 0 unspecified atom stereocenters. The molecule has 0 radical (unpaired) electrons. The summed E-state index contributed by atoms with van der Waals surface area (Å²) >= 11 is 11.7. The molecular formula is C48H24N4S7. The first kappa shape index (κ1) is 38.3. The van der Waals surface area contributed by atoms with Gasteiger partial charge in [0.05, 0.1) is 9.06 Å². The summed E-state index contributed by atoms with van der Waals surface area (Å²) in [5.74, 6) is 0. The van der Waals surface area contributed by atoms with Crippen LogP contribution in [-0.2, 0) is 0 Å². The molecule has 0 saturated heterocycles. The number of nitriles is 4. The molecule has 11 heteroatoms. The highest BCUT2D eigenvalue weighted by molar-refractivity contribution is 7.29. The summed E-state index contributed by atoms with van der Waals surface area (Å²) in [4.78, 5) is 7.04. The fraction of sp³-hybridized carbons (Fsp3) is 0. The van der Waals surface area contributed by atoms with Gasteiger partial charge in [-0.15, -0.1) is 79.4 Å². The monoisotopic (exact) mass is 880 g/mol. The number of benzene rings is 2. The molecule has 0 aliphatic heterocycles. The van der Waals surface area contributed by atoms with Crippen molar-refractivity contribution in [2.75, 3.05) is 0 Å². The lowest BCUT2D eigenvalue weighted by Crippen LogP contribution is -1.96. The van der Waals surface area contributed by atoms with Crippen LogP contribution in [0.25, 0.3) is 88.7 Å². The molecule has 0 N–H and O–H groups in total. The Bertz CT molecular complexity index is 3220. The van der Waals surface area contributed by atoms with Crippen molar-refractivity contribution < 1.29 is 0 Å². The maximum atomic E-state index is 9.24. The Morgan fingerprint density at radius 1 is 0.390 bits per heavy atom. The Balaban J connectivity index is 1.05. The molecule has 4 nitrogen and oxygen atoms in total. The van der Waals surface area contributed by atoms with Gasteiger partial charge in [0.1, 0.15) is 35.4 Å². The third kappa shape index (κ3) is 8.11. The smallest absolute Gasteiger partial charge is 0.146 e. The van der Waals surface area contributed by atoms with Crippen LogP contribution in [0.15, 0.2) is 109 Å². The summed E-state index contributed by atoms with van der Waals surface area (Å²) < 4.78 is 8.34. The first-order chi connectivity index (χ1) is 29.0. The van der Waals surface area contributed by atoms with E-state index in [0.717, 1.165) is 18.8 Å². The van der Waals surface area contributed by atoms with Gasteiger partial charge in [-0.25, -0.2) is 0 Å². The highest BCUT2D eigenvalue weighted by atomic mass is 32.1. The van der Waals surface area contributed by atoms with E-state index in [-0.39, 0.29) is 11.1 Å². The van der Waals surface area contributed by atoms with Crippen molar-refractivity contribution in [2.24, 2.45) is 0 Å². The van der Waals surface area contributed by atoms with Gasteiger partial charge in [0.15, 0.2) is 0 Å². The predicted molar refractivity (Wildman–Crippen MR) is 256 cm³/mol. The van der Waals surface area contributed by atoms with Gasteiger partial charge in [-0.1, -0.05) is 60.7 Å². The highest BCUT2D eigenvalue weighted by Crippen LogP contribution is 2.46. The first-order valence-electron chi connectivity index (χ1n) is 17.9. The lowest BCUT2D eigenvalue weighted by atomic mass is 9.94. The molecule has 0 aliphatic carbocycles. The third-order valence-corrected chi connectivity index (χ3v) is 16.8. The molecule has 278 valence electrons. The number of hydrogen-bond acceptors (Lipinski definition) is 11. The van der Waals surface area contributed by atoms with Gasteiger partial charge in [-0.2, -0.15) is 21.0 Å². The summed E-state index contributed by atoms with van der Waals surface area (Å²) in [6, 6.07) is 45.8. The van der Waals surface area contributed by atoms with Crippen molar-refractivity contribution in [1.82, 2.24) is 0 Å². The van der Waals surface area contributed by atoms with E-state index in [9.17, 15) is 21.0 Å². The second kappa shape index (κ2) is 16.9. The average Bonchev–Trinajstić information content (AvgIpc) is 4.12. The number of rotatable bonds is 8. The molecule has 0 atom stereocenters. The number of hydrogen-bond donors (Lipinski definition) is 0. The zero-order chi connectivity index (χ0) is 40.3. The van der Waals surface area contributed by atoms with Crippen molar-refractivity contribution in [3.63, 3.8) is 0 Å². The molecule has 0 bridgehead atoms. The van der Waals surface area contributed by atoms with Crippen LogP contribution in [0.4, 0.5) is 0 Å². The van der Waals surface area contributed by atoms with E-state index in [0.29, 0.717) is 9.06 Å². The molecule has 0 amide bonds. The minimum absolute atomic E-state index is 0.144. The van der Waals surface area contributed by atoms with Gasteiger partial charge in [-0.05, 0) is 96.1 Å². The number of fused-ring (bicyclic) bond motifs is 2. The van der Waals surface area contributed by atoms with Gasteiger partial charge in [0.2, 0.25) is 0 Å². The summed E-state index contributed by atoms with van der Waals surface area (Å²) in [7, 11) is 0. The molecule has 7 heterocycles. The molecule has 59 heavy (non-hydrogen) atoms. The van der Waals surface area contributed by atoms with E-state index < -0.39 is 0 Å². The van der Waals surface area contributed by atoms with Gasteiger partial charge in [0.25, 0.3) is 0 Å². The lowest BCUT2D eigenvalue weighted by Gasteiger charge is -2.08. The van der Waals surface area contributed by atoms with Crippen LogP contribution in [0.1, 0.15) is 29.3 Å². The van der Waals surface area contributed by atoms with Crippen LogP contribution in [0.5, 0.6) is 0 Å². The van der Waals surface area contributed by atoms with Gasteiger partial charge in [0, 0.05) is 68.3 Å². The van der Waals surface area contributed by atoms with Crippen LogP contribution in [0.3, 0.4) is 0 Å². The summed E-state index contributed by atoms with van der Waals surface area (Å²) in [6.45, 7) is 0. The normalized spacial score (nSPS) is 12.1. The maximum Gasteiger partial charge on any atom is 0.146 e. The molecule has 9 rings (SSSR count). The van der Waals surface area contributed by atoms with Crippen LogP contribution in [0.2, 0.25) is 0 Å². The van der Waals surface area contributed by atoms with Crippen molar-refractivity contribution in [3.8, 4) is 46.5 Å².